The van der Waals surface area contributed by atoms with Gasteiger partial charge < -0.3 is 10.1 Å². The van der Waals surface area contributed by atoms with Crippen LogP contribution in [0.3, 0.4) is 0 Å². The van der Waals surface area contributed by atoms with E-state index >= 15 is 0 Å². The molecule has 7 nitrogen and oxygen atoms in total. The normalized spacial score (nSPS) is 12.0. The number of hydrogen-bond acceptors (Lipinski definition) is 5. The van der Waals surface area contributed by atoms with Crippen molar-refractivity contribution >= 4 is 17.7 Å². The molecule has 1 amide bonds. The van der Waals surface area contributed by atoms with Gasteiger partial charge in [-0.1, -0.05) is 30.8 Å². The first-order valence-corrected chi connectivity index (χ1v) is 9.15. The summed E-state index contributed by atoms with van der Waals surface area (Å²) in [6.45, 7) is 4.94. The highest BCUT2D eigenvalue weighted by molar-refractivity contribution is 8.00. The van der Waals surface area contributed by atoms with Gasteiger partial charge in [0, 0.05) is 13.1 Å². The predicted molar refractivity (Wildman–Crippen MR) is 98.2 cm³/mol. The third-order valence-corrected chi connectivity index (χ3v) is 4.78. The topological polar surface area (TPSA) is 89.0 Å². The van der Waals surface area contributed by atoms with E-state index in [9.17, 15) is 9.59 Å². The molecule has 0 spiro atoms. The van der Waals surface area contributed by atoms with Crippen LogP contribution in [0.4, 0.5) is 0 Å². The SMILES string of the molecule is CCCn1c(SC(C)C(=O)NCCc2ccc(OC)cc2)n[nH]c1=O. The predicted octanol–water partition coefficient (Wildman–Crippen LogP) is 1.83. The Bertz CT molecular complexity index is 739. The lowest BCUT2D eigenvalue weighted by Gasteiger charge is -2.12. The maximum Gasteiger partial charge on any atom is 0.343 e. The van der Waals surface area contributed by atoms with E-state index in [2.05, 4.69) is 15.5 Å². The van der Waals surface area contributed by atoms with Crippen LogP contribution in [0.5, 0.6) is 5.75 Å². The smallest absolute Gasteiger partial charge is 0.343 e. The Balaban J connectivity index is 1.82. The molecule has 1 aromatic carbocycles. The van der Waals surface area contributed by atoms with E-state index in [1.54, 1.807) is 11.7 Å². The lowest BCUT2D eigenvalue weighted by Crippen LogP contribution is -2.32. The highest BCUT2D eigenvalue weighted by Gasteiger charge is 2.18. The highest BCUT2D eigenvalue weighted by atomic mass is 32.2. The largest absolute Gasteiger partial charge is 0.497 e. The van der Waals surface area contributed by atoms with E-state index in [0.29, 0.717) is 18.2 Å². The number of thioether (sulfide) groups is 1. The van der Waals surface area contributed by atoms with Gasteiger partial charge in [0.05, 0.1) is 12.4 Å². The van der Waals surface area contributed by atoms with Gasteiger partial charge in [0.1, 0.15) is 5.75 Å². The third-order valence-electron chi connectivity index (χ3n) is 3.69. The number of rotatable bonds is 9. The number of nitrogens with one attached hydrogen (secondary N) is 2. The standard InChI is InChI=1S/C17H24N4O3S/c1-4-11-21-16(23)19-20-17(21)25-12(2)15(22)18-10-9-13-5-7-14(24-3)8-6-13/h5-8,12H,4,9-11H2,1-3H3,(H,18,22)(H,19,23). The molecule has 1 aromatic heterocycles. The molecule has 0 aliphatic rings. The number of aromatic nitrogens is 3. The lowest BCUT2D eigenvalue weighted by atomic mass is 10.1. The van der Waals surface area contributed by atoms with Gasteiger partial charge in [-0.3, -0.25) is 9.36 Å². The van der Waals surface area contributed by atoms with Crippen LogP contribution in [-0.4, -0.2) is 39.6 Å². The summed E-state index contributed by atoms with van der Waals surface area (Å²) < 4.78 is 6.68. The zero-order valence-corrected chi connectivity index (χ0v) is 15.6. The quantitative estimate of drug-likeness (QED) is 0.663. The van der Waals surface area contributed by atoms with Gasteiger partial charge >= 0.3 is 5.69 Å². The van der Waals surface area contributed by atoms with Crippen molar-refractivity contribution in [3.8, 4) is 5.75 Å². The molecule has 25 heavy (non-hydrogen) atoms. The Labute approximate surface area is 151 Å². The number of methoxy groups -OCH3 is 1. The van der Waals surface area contributed by atoms with E-state index < -0.39 is 0 Å². The minimum absolute atomic E-state index is 0.0722. The second-order valence-electron chi connectivity index (χ2n) is 5.61. The number of nitrogens with zero attached hydrogens (tertiary/aromatic N) is 2. The summed E-state index contributed by atoms with van der Waals surface area (Å²) in [5, 5.41) is 9.57. The van der Waals surface area contributed by atoms with Crippen LogP contribution in [0.1, 0.15) is 25.8 Å². The van der Waals surface area contributed by atoms with Gasteiger partial charge in [0.25, 0.3) is 0 Å². The van der Waals surface area contributed by atoms with E-state index in [1.807, 2.05) is 38.1 Å². The minimum Gasteiger partial charge on any atom is -0.497 e. The number of benzene rings is 1. The fourth-order valence-electron chi connectivity index (χ4n) is 2.29. The summed E-state index contributed by atoms with van der Waals surface area (Å²) in [5.41, 5.74) is 0.891. The summed E-state index contributed by atoms with van der Waals surface area (Å²) >= 11 is 1.28. The molecule has 0 aliphatic heterocycles. The monoisotopic (exact) mass is 364 g/mol. The van der Waals surface area contributed by atoms with E-state index in [-0.39, 0.29) is 16.8 Å². The zero-order valence-electron chi connectivity index (χ0n) is 14.7. The van der Waals surface area contributed by atoms with Crippen molar-refractivity contribution in [1.82, 2.24) is 20.1 Å². The Morgan fingerprint density at radius 1 is 1.40 bits per heavy atom. The number of hydrogen-bond donors (Lipinski definition) is 2. The molecule has 2 aromatic rings. The molecule has 0 radical (unpaired) electrons. The van der Waals surface area contributed by atoms with E-state index in [0.717, 1.165) is 24.2 Å². The number of ether oxygens (including phenoxy) is 1. The first-order valence-electron chi connectivity index (χ1n) is 8.27. The molecule has 0 bridgehead atoms. The Morgan fingerprint density at radius 2 is 2.12 bits per heavy atom. The maximum atomic E-state index is 12.2. The molecule has 1 heterocycles. The molecule has 0 aliphatic carbocycles. The lowest BCUT2D eigenvalue weighted by molar-refractivity contribution is -0.120. The molecule has 0 saturated carbocycles. The average Bonchev–Trinajstić information content (AvgIpc) is 2.96. The first kappa shape index (κ1) is 19.1. The van der Waals surface area contributed by atoms with Crippen LogP contribution in [0, 0.1) is 0 Å². The zero-order chi connectivity index (χ0) is 18.2. The second kappa shape index (κ2) is 9.31. The van der Waals surface area contributed by atoms with Crippen LogP contribution in [-0.2, 0) is 17.8 Å². The Kier molecular flexibility index (Phi) is 7.12. The molecule has 2 rings (SSSR count). The highest BCUT2D eigenvalue weighted by Crippen LogP contribution is 2.20. The molecule has 0 fully saturated rings. The van der Waals surface area contributed by atoms with Crippen molar-refractivity contribution in [2.24, 2.45) is 0 Å². The molecule has 136 valence electrons. The number of amides is 1. The summed E-state index contributed by atoms with van der Waals surface area (Å²) in [4.78, 5) is 23.9. The average molecular weight is 364 g/mol. The van der Waals surface area contributed by atoms with Crippen molar-refractivity contribution in [1.29, 1.82) is 0 Å². The van der Waals surface area contributed by atoms with Crippen LogP contribution < -0.4 is 15.7 Å². The van der Waals surface area contributed by atoms with Crippen molar-refractivity contribution in [3.63, 3.8) is 0 Å². The van der Waals surface area contributed by atoms with Crippen LogP contribution in [0.2, 0.25) is 0 Å². The number of H-pyrrole nitrogens is 1. The third kappa shape index (κ3) is 5.38. The number of aromatic amines is 1. The van der Waals surface area contributed by atoms with Gasteiger partial charge in [0.15, 0.2) is 5.16 Å². The van der Waals surface area contributed by atoms with Crippen molar-refractivity contribution in [2.45, 2.75) is 43.6 Å². The fraction of sp³-hybridized carbons (Fsp3) is 0.471. The van der Waals surface area contributed by atoms with Crippen LogP contribution >= 0.6 is 11.8 Å². The van der Waals surface area contributed by atoms with Gasteiger partial charge in [0.2, 0.25) is 5.91 Å². The minimum atomic E-state index is -0.332. The van der Waals surface area contributed by atoms with Crippen LogP contribution in [0.25, 0.3) is 0 Å². The van der Waals surface area contributed by atoms with Crippen molar-refractivity contribution in [2.75, 3.05) is 13.7 Å². The first-order chi connectivity index (χ1) is 12.0. The molecule has 2 N–H and O–H groups in total. The molecular formula is C17H24N4O3S. The second-order valence-corrected chi connectivity index (χ2v) is 6.92. The van der Waals surface area contributed by atoms with Gasteiger partial charge in [-0.2, -0.15) is 0 Å². The number of carbonyl (C=O) groups is 1. The Morgan fingerprint density at radius 3 is 2.76 bits per heavy atom. The summed E-state index contributed by atoms with van der Waals surface area (Å²) in [5.74, 6) is 0.743. The molecule has 1 unspecified atom stereocenters. The fourth-order valence-corrected chi connectivity index (χ4v) is 3.20. The van der Waals surface area contributed by atoms with Gasteiger partial charge in [-0.25, -0.2) is 9.89 Å². The molecule has 0 saturated heterocycles. The summed E-state index contributed by atoms with van der Waals surface area (Å²) in [6, 6.07) is 7.77. The Hall–Kier alpha value is -2.22. The van der Waals surface area contributed by atoms with Gasteiger partial charge in [-0.15, -0.1) is 5.10 Å². The van der Waals surface area contributed by atoms with Gasteiger partial charge in [-0.05, 0) is 37.5 Å². The van der Waals surface area contributed by atoms with E-state index in [4.69, 9.17) is 4.74 Å². The molecule has 1 atom stereocenters. The van der Waals surface area contributed by atoms with Crippen molar-refractivity contribution < 1.29 is 9.53 Å². The molecular weight excluding hydrogens is 340 g/mol. The van der Waals surface area contributed by atoms with Crippen molar-refractivity contribution in [3.05, 3.63) is 40.3 Å². The van der Waals surface area contributed by atoms with Crippen LogP contribution in [0.15, 0.2) is 34.2 Å². The molecule has 8 heteroatoms. The summed E-state index contributed by atoms with van der Waals surface area (Å²) in [7, 11) is 1.63. The number of carbonyl (C=O) groups excluding carboxylic acids is 1. The van der Waals surface area contributed by atoms with E-state index in [1.165, 1.54) is 11.8 Å². The maximum absolute atomic E-state index is 12.2. The summed E-state index contributed by atoms with van der Waals surface area (Å²) in [6.07, 6.45) is 1.57.